The number of thioether (sulfide) groups is 1. The van der Waals surface area contributed by atoms with Crippen molar-refractivity contribution in [1.82, 2.24) is 10.2 Å². The third-order valence-electron chi connectivity index (χ3n) is 6.29. The molecule has 0 unspecified atom stereocenters. The Morgan fingerprint density at radius 1 is 1.00 bits per heavy atom. The summed E-state index contributed by atoms with van der Waals surface area (Å²) in [6.07, 6.45) is 1.89. The molecule has 0 saturated carbocycles. The number of halogens is 1. The quantitative estimate of drug-likeness (QED) is 0.272. The number of hydrogen-bond acceptors (Lipinski definition) is 6. The van der Waals surface area contributed by atoms with E-state index in [0.29, 0.717) is 11.3 Å². The number of nitrogens with one attached hydrogen (secondary N) is 1. The molecule has 0 radical (unpaired) electrons. The molecule has 0 spiro atoms. The highest BCUT2D eigenvalue weighted by Crippen LogP contribution is 2.33. The smallest absolute Gasteiger partial charge is 0.264 e. The first-order valence-electron chi connectivity index (χ1n) is 13.5. The van der Waals surface area contributed by atoms with Gasteiger partial charge in [0.05, 0.1) is 17.2 Å². The summed E-state index contributed by atoms with van der Waals surface area (Å²) in [6, 6.07) is 17.6. The molecule has 3 rings (SSSR count). The van der Waals surface area contributed by atoms with E-state index in [-0.39, 0.29) is 23.7 Å². The van der Waals surface area contributed by atoms with E-state index >= 15 is 0 Å². The summed E-state index contributed by atoms with van der Waals surface area (Å²) in [6.45, 7) is 8.47. The summed E-state index contributed by atoms with van der Waals surface area (Å²) in [5.74, 6) is -1.17. The van der Waals surface area contributed by atoms with Gasteiger partial charge in [0.1, 0.15) is 24.2 Å². The molecule has 0 saturated heterocycles. The fourth-order valence-electron chi connectivity index (χ4n) is 4.17. The van der Waals surface area contributed by atoms with Crippen LogP contribution in [0.3, 0.4) is 0 Å². The van der Waals surface area contributed by atoms with Crippen molar-refractivity contribution < 1.29 is 27.1 Å². The highest BCUT2D eigenvalue weighted by molar-refractivity contribution is 7.98. The van der Waals surface area contributed by atoms with Crippen LogP contribution in [0.15, 0.2) is 82.6 Å². The van der Waals surface area contributed by atoms with Crippen LogP contribution in [0.1, 0.15) is 40.2 Å². The zero-order valence-electron chi connectivity index (χ0n) is 24.8. The molecule has 0 aliphatic heterocycles. The summed E-state index contributed by atoms with van der Waals surface area (Å²) in [4.78, 5) is 29.5. The normalized spacial score (nSPS) is 12.4. The van der Waals surface area contributed by atoms with Crippen molar-refractivity contribution in [3.05, 3.63) is 84.2 Å². The van der Waals surface area contributed by atoms with Gasteiger partial charge in [0, 0.05) is 17.0 Å². The molecular weight excluding hydrogens is 577 g/mol. The van der Waals surface area contributed by atoms with Crippen LogP contribution in [0, 0.1) is 5.82 Å². The van der Waals surface area contributed by atoms with Gasteiger partial charge in [0.25, 0.3) is 10.0 Å². The first-order valence-corrected chi connectivity index (χ1v) is 16.2. The number of rotatable bonds is 12. The molecule has 2 amide bonds. The molecule has 226 valence electrons. The van der Waals surface area contributed by atoms with Gasteiger partial charge in [-0.15, -0.1) is 11.8 Å². The Bertz CT molecular complexity index is 1470. The number of sulfonamides is 1. The molecule has 0 heterocycles. The van der Waals surface area contributed by atoms with E-state index in [1.54, 1.807) is 50.2 Å². The lowest BCUT2D eigenvalue weighted by Crippen LogP contribution is -2.54. The van der Waals surface area contributed by atoms with Gasteiger partial charge in [-0.3, -0.25) is 13.9 Å². The van der Waals surface area contributed by atoms with E-state index < -0.39 is 45.8 Å². The van der Waals surface area contributed by atoms with Crippen LogP contribution < -0.4 is 14.4 Å². The zero-order chi connectivity index (χ0) is 31.1. The summed E-state index contributed by atoms with van der Waals surface area (Å²) in [5, 5.41) is 2.88. The van der Waals surface area contributed by atoms with Crippen molar-refractivity contribution in [1.29, 1.82) is 0 Å². The summed E-state index contributed by atoms with van der Waals surface area (Å²) in [7, 11) is -4.26. The number of hydrogen-bond donors (Lipinski definition) is 1. The first-order chi connectivity index (χ1) is 19.8. The molecule has 0 aliphatic rings. The van der Waals surface area contributed by atoms with Gasteiger partial charge in [-0.1, -0.05) is 24.3 Å². The first kappa shape index (κ1) is 32.9. The molecule has 1 atom stereocenters. The van der Waals surface area contributed by atoms with E-state index in [0.717, 1.165) is 9.20 Å². The number of amides is 2. The van der Waals surface area contributed by atoms with Crippen LogP contribution in [-0.4, -0.2) is 56.1 Å². The molecule has 8 nitrogen and oxygen atoms in total. The molecule has 0 bridgehead atoms. The highest BCUT2D eigenvalue weighted by atomic mass is 32.2. The second-order valence-electron chi connectivity index (χ2n) is 10.7. The fraction of sp³-hybridized carbons (Fsp3) is 0.355. The number of benzene rings is 3. The van der Waals surface area contributed by atoms with E-state index in [9.17, 15) is 22.4 Å². The Labute approximate surface area is 252 Å². The van der Waals surface area contributed by atoms with Crippen LogP contribution in [-0.2, 0) is 26.2 Å². The zero-order valence-corrected chi connectivity index (χ0v) is 26.4. The number of nitrogens with zero attached hydrogens (tertiary/aromatic N) is 2. The van der Waals surface area contributed by atoms with Crippen LogP contribution in [0.25, 0.3) is 0 Å². The average molecular weight is 616 g/mol. The summed E-state index contributed by atoms with van der Waals surface area (Å²) >= 11 is 1.48. The molecule has 3 aromatic rings. The Morgan fingerprint density at radius 3 is 2.19 bits per heavy atom. The lowest BCUT2D eigenvalue weighted by atomic mass is 10.1. The SMILES string of the molecule is CCOc1ccccc1N(CC(=O)N(Cc1ccc(F)cc1)[C@H](C)C(=O)NC(C)(C)C)S(=O)(=O)c1ccc(SC)cc1. The van der Waals surface area contributed by atoms with Crippen molar-refractivity contribution in [3.8, 4) is 5.75 Å². The van der Waals surface area contributed by atoms with E-state index in [1.165, 1.54) is 53.1 Å². The van der Waals surface area contributed by atoms with Gasteiger partial charge >= 0.3 is 0 Å². The summed E-state index contributed by atoms with van der Waals surface area (Å²) in [5.41, 5.74) is 0.206. The van der Waals surface area contributed by atoms with Gasteiger partial charge in [-0.25, -0.2) is 12.8 Å². The van der Waals surface area contributed by atoms with Crippen molar-refractivity contribution in [2.75, 3.05) is 23.7 Å². The molecular formula is C31H38FN3O5S2. The maximum Gasteiger partial charge on any atom is 0.264 e. The second-order valence-corrected chi connectivity index (χ2v) is 13.4. The number of ether oxygens (including phenoxy) is 1. The molecule has 1 N–H and O–H groups in total. The Kier molecular flexibility index (Phi) is 11.0. The fourth-order valence-corrected chi connectivity index (χ4v) is 6.01. The van der Waals surface area contributed by atoms with Crippen LogP contribution in [0.4, 0.5) is 10.1 Å². The van der Waals surface area contributed by atoms with Gasteiger partial charge in [0.15, 0.2) is 0 Å². The predicted molar refractivity (Wildman–Crippen MR) is 165 cm³/mol. The number of carbonyl (C=O) groups is 2. The van der Waals surface area contributed by atoms with E-state index in [1.807, 2.05) is 27.0 Å². The van der Waals surface area contributed by atoms with Gasteiger partial charge in [-0.05, 0) is 95.0 Å². The van der Waals surface area contributed by atoms with Gasteiger partial charge < -0.3 is 15.0 Å². The Morgan fingerprint density at radius 2 is 1.62 bits per heavy atom. The predicted octanol–water partition coefficient (Wildman–Crippen LogP) is 5.47. The molecule has 0 aromatic heterocycles. The number of carbonyl (C=O) groups excluding carboxylic acids is 2. The van der Waals surface area contributed by atoms with Crippen LogP contribution in [0.2, 0.25) is 0 Å². The summed E-state index contributed by atoms with van der Waals surface area (Å²) < 4.78 is 48.6. The topological polar surface area (TPSA) is 96.0 Å². The molecule has 3 aromatic carbocycles. The van der Waals surface area contributed by atoms with E-state index in [2.05, 4.69) is 5.32 Å². The van der Waals surface area contributed by atoms with Crippen LogP contribution in [0.5, 0.6) is 5.75 Å². The molecule has 11 heteroatoms. The Balaban J connectivity index is 2.09. The minimum atomic E-state index is -4.26. The maximum atomic E-state index is 14.1. The van der Waals surface area contributed by atoms with Crippen molar-refractivity contribution in [2.24, 2.45) is 0 Å². The largest absolute Gasteiger partial charge is 0.492 e. The molecule has 0 aliphatic carbocycles. The Hall–Kier alpha value is -3.57. The van der Waals surface area contributed by atoms with Gasteiger partial charge in [0.2, 0.25) is 11.8 Å². The van der Waals surface area contributed by atoms with E-state index in [4.69, 9.17) is 4.74 Å². The minimum absolute atomic E-state index is 0.00279. The average Bonchev–Trinajstić information content (AvgIpc) is 2.94. The molecule has 0 fully saturated rings. The maximum absolute atomic E-state index is 14.1. The van der Waals surface area contributed by atoms with Crippen molar-refractivity contribution >= 4 is 39.3 Å². The lowest BCUT2D eigenvalue weighted by molar-refractivity contribution is -0.140. The van der Waals surface area contributed by atoms with Gasteiger partial charge in [-0.2, -0.15) is 0 Å². The third-order valence-corrected chi connectivity index (χ3v) is 8.81. The minimum Gasteiger partial charge on any atom is -0.492 e. The van der Waals surface area contributed by atoms with Crippen molar-refractivity contribution in [3.63, 3.8) is 0 Å². The standard InChI is InChI=1S/C31H38FN3O5S2/c1-7-40-28-11-9-8-10-27(28)35(42(38,39)26-18-16-25(41-6)17-19-26)21-29(36)34(20-23-12-14-24(32)15-13-23)22(2)30(37)33-31(3,4)5/h8-19,22H,7,20-21H2,1-6H3,(H,33,37)/t22-/m1/s1. The number of para-hydroxylation sites is 2. The third kappa shape index (κ3) is 8.48. The lowest BCUT2D eigenvalue weighted by Gasteiger charge is -2.33. The number of anilines is 1. The monoisotopic (exact) mass is 615 g/mol. The molecule has 42 heavy (non-hydrogen) atoms. The van der Waals surface area contributed by atoms with Crippen LogP contribution >= 0.6 is 11.8 Å². The highest BCUT2D eigenvalue weighted by Gasteiger charge is 2.34. The second kappa shape index (κ2) is 14.1. The van der Waals surface area contributed by atoms with Crippen molar-refractivity contribution in [2.45, 2.75) is 62.5 Å².